The first-order valence-electron chi connectivity index (χ1n) is 6.30. The molecule has 0 aliphatic heterocycles. The number of sulfonamides is 1. The maximum Gasteiger partial charge on any atom is 0.289 e. The monoisotopic (exact) mass is 301 g/mol. The van der Waals surface area contributed by atoms with Gasteiger partial charge in [-0.05, 0) is 25.5 Å². The zero-order valence-electron chi connectivity index (χ0n) is 11.7. The molecule has 1 aromatic carbocycles. The van der Waals surface area contributed by atoms with Crippen molar-refractivity contribution in [3.8, 4) is 0 Å². The molecule has 2 N–H and O–H groups in total. The van der Waals surface area contributed by atoms with Crippen LogP contribution in [0.15, 0.2) is 23.1 Å². The van der Waals surface area contributed by atoms with Crippen LogP contribution in [0.3, 0.4) is 0 Å². The van der Waals surface area contributed by atoms with Crippen LogP contribution in [-0.2, 0) is 10.0 Å². The normalized spacial score (nSPS) is 12.9. The molecule has 0 spiro atoms. The van der Waals surface area contributed by atoms with E-state index in [9.17, 15) is 18.5 Å². The number of nitrogens with zero attached hydrogens (tertiary/aromatic N) is 1. The van der Waals surface area contributed by atoms with Crippen LogP contribution in [0.4, 0.5) is 11.4 Å². The summed E-state index contributed by atoms with van der Waals surface area (Å²) in [6, 6.07) is 3.64. The van der Waals surface area contributed by atoms with E-state index in [4.69, 9.17) is 0 Å². The molecule has 112 valence electrons. The highest BCUT2D eigenvalue weighted by Crippen LogP contribution is 2.27. The average Bonchev–Trinajstić information content (AvgIpc) is 2.37. The van der Waals surface area contributed by atoms with E-state index in [0.717, 1.165) is 6.42 Å². The van der Waals surface area contributed by atoms with Gasteiger partial charge in [-0.15, -0.1) is 0 Å². The third kappa shape index (κ3) is 3.91. The second-order valence-electron chi connectivity index (χ2n) is 4.50. The summed E-state index contributed by atoms with van der Waals surface area (Å²) in [6.07, 6.45) is 1.49. The van der Waals surface area contributed by atoms with Crippen molar-refractivity contribution >= 4 is 21.4 Å². The van der Waals surface area contributed by atoms with Crippen LogP contribution in [0.1, 0.15) is 26.7 Å². The Hall–Kier alpha value is -1.67. The zero-order chi connectivity index (χ0) is 15.3. The highest BCUT2D eigenvalue weighted by Gasteiger charge is 2.27. The van der Waals surface area contributed by atoms with Gasteiger partial charge in [-0.2, -0.15) is 0 Å². The van der Waals surface area contributed by atoms with E-state index in [2.05, 4.69) is 10.0 Å². The van der Waals surface area contributed by atoms with E-state index < -0.39 is 20.6 Å². The third-order valence-corrected chi connectivity index (χ3v) is 4.43. The van der Waals surface area contributed by atoms with E-state index in [1.165, 1.54) is 18.2 Å². The lowest BCUT2D eigenvalue weighted by molar-refractivity contribution is -0.387. The minimum atomic E-state index is -3.92. The molecule has 0 radical (unpaired) electrons. The average molecular weight is 301 g/mol. The van der Waals surface area contributed by atoms with Gasteiger partial charge >= 0.3 is 0 Å². The predicted octanol–water partition coefficient (Wildman–Crippen LogP) is 2.10. The predicted molar refractivity (Wildman–Crippen MR) is 77.3 cm³/mol. The van der Waals surface area contributed by atoms with Gasteiger partial charge in [-0.1, -0.05) is 13.3 Å². The lowest BCUT2D eigenvalue weighted by Gasteiger charge is -2.14. The number of rotatable bonds is 7. The molecule has 0 aliphatic carbocycles. The van der Waals surface area contributed by atoms with E-state index >= 15 is 0 Å². The second-order valence-corrected chi connectivity index (χ2v) is 6.18. The lowest BCUT2D eigenvalue weighted by Crippen LogP contribution is -2.32. The quantitative estimate of drug-likeness (QED) is 0.593. The SMILES string of the molecule is CCCC(C)NS(=O)(=O)c1cc(NC)ccc1[N+](=O)[O-]. The van der Waals surface area contributed by atoms with Gasteiger partial charge in [0.1, 0.15) is 0 Å². The fourth-order valence-electron chi connectivity index (χ4n) is 1.86. The van der Waals surface area contributed by atoms with Crippen LogP contribution in [0.2, 0.25) is 0 Å². The molecule has 7 nitrogen and oxygen atoms in total. The largest absolute Gasteiger partial charge is 0.388 e. The summed E-state index contributed by atoms with van der Waals surface area (Å²) in [5, 5.41) is 13.7. The molecule has 0 aromatic heterocycles. The Morgan fingerprint density at radius 1 is 1.40 bits per heavy atom. The van der Waals surface area contributed by atoms with Gasteiger partial charge in [-0.25, -0.2) is 13.1 Å². The first kappa shape index (κ1) is 16.4. The van der Waals surface area contributed by atoms with Crippen molar-refractivity contribution in [2.45, 2.75) is 37.6 Å². The Morgan fingerprint density at radius 3 is 2.55 bits per heavy atom. The third-order valence-electron chi connectivity index (χ3n) is 2.81. The standard InChI is InChI=1S/C12H19N3O4S/c1-4-5-9(2)14-20(18,19)12-8-10(13-3)6-7-11(12)15(16)17/h6-9,13-14H,4-5H2,1-3H3. The van der Waals surface area contributed by atoms with Crippen molar-refractivity contribution < 1.29 is 13.3 Å². The van der Waals surface area contributed by atoms with Gasteiger partial charge in [0.2, 0.25) is 10.0 Å². The van der Waals surface area contributed by atoms with Crippen LogP contribution in [0, 0.1) is 10.1 Å². The van der Waals surface area contributed by atoms with Gasteiger partial charge in [0.05, 0.1) is 4.92 Å². The van der Waals surface area contributed by atoms with Crippen molar-refractivity contribution in [2.75, 3.05) is 12.4 Å². The molecule has 0 heterocycles. The van der Waals surface area contributed by atoms with Crippen LogP contribution in [-0.4, -0.2) is 26.4 Å². The molecule has 0 amide bonds. The molecule has 0 saturated heterocycles. The molecule has 1 aromatic rings. The maximum absolute atomic E-state index is 12.3. The molecule has 1 unspecified atom stereocenters. The van der Waals surface area contributed by atoms with Crippen molar-refractivity contribution in [3.05, 3.63) is 28.3 Å². The Kier molecular flexibility index (Phi) is 5.46. The molecule has 20 heavy (non-hydrogen) atoms. The maximum atomic E-state index is 12.3. The zero-order valence-corrected chi connectivity index (χ0v) is 12.5. The van der Waals surface area contributed by atoms with Crippen molar-refractivity contribution in [2.24, 2.45) is 0 Å². The molecular weight excluding hydrogens is 282 g/mol. The molecule has 8 heteroatoms. The summed E-state index contributed by atoms with van der Waals surface area (Å²) >= 11 is 0. The topological polar surface area (TPSA) is 101 Å². The van der Waals surface area contributed by atoms with Gasteiger partial charge in [0.25, 0.3) is 5.69 Å². The fourth-order valence-corrected chi connectivity index (χ4v) is 3.33. The summed E-state index contributed by atoms with van der Waals surface area (Å²) in [6.45, 7) is 3.67. The minimum Gasteiger partial charge on any atom is -0.388 e. The van der Waals surface area contributed by atoms with Crippen LogP contribution >= 0.6 is 0 Å². The van der Waals surface area contributed by atoms with Gasteiger partial charge in [-0.3, -0.25) is 10.1 Å². The van der Waals surface area contributed by atoms with Gasteiger partial charge < -0.3 is 5.32 Å². The first-order chi connectivity index (χ1) is 9.31. The van der Waals surface area contributed by atoms with Crippen molar-refractivity contribution in [1.82, 2.24) is 4.72 Å². The Balaban J connectivity index is 3.24. The highest BCUT2D eigenvalue weighted by atomic mass is 32.2. The molecule has 0 saturated carbocycles. The number of hydrogen-bond acceptors (Lipinski definition) is 5. The smallest absolute Gasteiger partial charge is 0.289 e. The van der Waals surface area contributed by atoms with Crippen molar-refractivity contribution in [1.29, 1.82) is 0 Å². The first-order valence-corrected chi connectivity index (χ1v) is 7.78. The number of nitro groups is 1. The van der Waals surface area contributed by atoms with Crippen LogP contribution in [0.25, 0.3) is 0 Å². The summed E-state index contributed by atoms with van der Waals surface area (Å²) in [7, 11) is -2.31. The number of benzene rings is 1. The second kappa shape index (κ2) is 6.67. The van der Waals surface area contributed by atoms with Crippen molar-refractivity contribution in [3.63, 3.8) is 0 Å². The van der Waals surface area contributed by atoms with E-state index in [0.29, 0.717) is 12.1 Å². The summed E-state index contributed by atoms with van der Waals surface area (Å²) in [4.78, 5) is 9.95. The highest BCUT2D eigenvalue weighted by molar-refractivity contribution is 7.89. The van der Waals surface area contributed by atoms with Gasteiger partial charge in [0, 0.05) is 24.8 Å². The van der Waals surface area contributed by atoms with Crippen LogP contribution < -0.4 is 10.0 Å². The number of hydrogen-bond donors (Lipinski definition) is 2. The van der Waals surface area contributed by atoms with E-state index in [1.54, 1.807) is 14.0 Å². The number of nitrogens with one attached hydrogen (secondary N) is 2. The molecule has 1 rings (SSSR count). The van der Waals surface area contributed by atoms with E-state index in [-0.39, 0.29) is 10.9 Å². The molecule has 0 aliphatic rings. The Labute approximate surface area is 118 Å². The van der Waals surface area contributed by atoms with Crippen LogP contribution in [0.5, 0.6) is 0 Å². The minimum absolute atomic E-state index is 0.275. The Bertz CT molecular complexity index is 586. The van der Waals surface area contributed by atoms with Gasteiger partial charge in [0.15, 0.2) is 4.90 Å². The fraction of sp³-hybridized carbons (Fsp3) is 0.500. The Morgan fingerprint density at radius 2 is 2.05 bits per heavy atom. The molecule has 0 bridgehead atoms. The number of anilines is 1. The lowest BCUT2D eigenvalue weighted by atomic mass is 10.2. The summed E-state index contributed by atoms with van der Waals surface area (Å²) < 4.78 is 27.0. The summed E-state index contributed by atoms with van der Waals surface area (Å²) in [5.74, 6) is 0. The van der Waals surface area contributed by atoms with E-state index in [1.807, 2.05) is 6.92 Å². The molecule has 0 fully saturated rings. The molecular formula is C12H19N3O4S. The summed E-state index contributed by atoms with van der Waals surface area (Å²) in [5.41, 5.74) is 0.0688. The molecule has 1 atom stereocenters. The number of nitro benzene ring substituents is 1.